The normalized spacial score (nSPS) is 10.5. The number of hydrogen-bond acceptors (Lipinski definition) is 3. The van der Waals surface area contributed by atoms with Crippen LogP contribution in [-0.4, -0.2) is 10.8 Å². The van der Waals surface area contributed by atoms with Gasteiger partial charge in [-0.25, -0.2) is 4.39 Å². The predicted octanol–water partition coefficient (Wildman–Crippen LogP) is 4.81. The van der Waals surface area contributed by atoms with Crippen molar-refractivity contribution in [3.63, 3.8) is 0 Å². The number of rotatable bonds is 10. The lowest BCUT2D eigenvalue weighted by Crippen LogP contribution is -2.12. The van der Waals surface area contributed by atoms with Crippen LogP contribution in [0.25, 0.3) is 0 Å². The van der Waals surface area contributed by atoms with E-state index in [1.165, 1.54) is 25.7 Å². The minimum atomic E-state index is -0.668. The largest absolute Gasteiger partial charge is 0.323 e. The van der Waals surface area contributed by atoms with E-state index in [4.69, 9.17) is 0 Å². The standard InChI is InChI=1S/C16H23FN2O3/c1-2-3-4-5-6-7-8-9-16(20)18-15-12-13(19(21)22)10-11-14(15)17/h10-12H,2-9H2,1H3,(H,18,20). The maximum Gasteiger partial charge on any atom is 0.271 e. The Balaban J connectivity index is 2.33. The third-order valence-corrected chi connectivity index (χ3v) is 3.44. The zero-order chi connectivity index (χ0) is 16.4. The Morgan fingerprint density at radius 2 is 1.82 bits per heavy atom. The van der Waals surface area contributed by atoms with Gasteiger partial charge in [0.2, 0.25) is 5.91 Å². The lowest BCUT2D eigenvalue weighted by molar-refractivity contribution is -0.384. The Morgan fingerprint density at radius 3 is 2.45 bits per heavy atom. The molecule has 0 fully saturated rings. The summed E-state index contributed by atoms with van der Waals surface area (Å²) in [7, 11) is 0. The minimum absolute atomic E-state index is 0.137. The van der Waals surface area contributed by atoms with E-state index in [1.54, 1.807) is 0 Å². The summed E-state index contributed by atoms with van der Waals surface area (Å²) >= 11 is 0. The van der Waals surface area contributed by atoms with Gasteiger partial charge in [0.15, 0.2) is 0 Å². The Bertz CT molecular complexity index is 506. The molecule has 0 spiro atoms. The second kappa shape index (κ2) is 9.87. The number of nitrogens with zero attached hydrogens (tertiary/aromatic N) is 1. The van der Waals surface area contributed by atoms with Crippen molar-refractivity contribution < 1.29 is 14.1 Å². The van der Waals surface area contributed by atoms with Gasteiger partial charge in [0.05, 0.1) is 10.6 Å². The highest BCUT2D eigenvalue weighted by atomic mass is 19.1. The van der Waals surface area contributed by atoms with E-state index >= 15 is 0 Å². The van der Waals surface area contributed by atoms with Gasteiger partial charge in [-0.2, -0.15) is 0 Å². The van der Waals surface area contributed by atoms with Gasteiger partial charge < -0.3 is 5.32 Å². The molecule has 0 radical (unpaired) electrons. The van der Waals surface area contributed by atoms with E-state index in [0.29, 0.717) is 6.42 Å². The van der Waals surface area contributed by atoms with E-state index in [-0.39, 0.29) is 17.3 Å². The molecule has 0 aliphatic heterocycles. The van der Waals surface area contributed by atoms with Crippen molar-refractivity contribution in [3.05, 3.63) is 34.1 Å². The quantitative estimate of drug-likeness (QED) is 0.383. The first-order valence-electron chi connectivity index (χ1n) is 7.78. The first kappa shape index (κ1) is 18.1. The lowest BCUT2D eigenvalue weighted by atomic mass is 10.1. The van der Waals surface area contributed by atoms with Gasteiger partial charge in [-0.15, -0.1) is 0 Å². The zero-order valence-electron chi connectivity index (χ0n) is 12.9. The number of carbonyl (C=O) groups is 1. The summed E-state index contributed by atoms with van der Waals surface area (Å²) in [6, 6.07) is 3.10. The van der Waals surface area contributed by atoms with Crippen LogP contribution in [-0.2, 0) is 4.79 Å². The predicted molar refractivity (Wildman–Crippen MR) is 84.3 cm³/mol. The number of benzene rings is 1. The van der Waals surface area contributed by atoms with Crippen LogP contribution in [0.2, 0.25) is 0 Å². The fraction of sp³-hybridized carbons (Fsp3) is 0.562. The number of nitrogens with one attached hydrogen (secondary N) is 1. The molecule has 6 heteroatoms. The molecule has 0 aliphatic rings. The van der Waals surface area contributed by atoms with Gasteiger partial charge in [-0.3, -0.25) is 14.9 Å². The van der Waals surface area contributed by atoms with E-state index in [9.17, 15) is 19.3 Å². The zero-order valence-corrected chi connectivity index (χ0v) is 12.9. The summed E-state index contributed by atoms with van der Waals surface area (Å²) in [5, 5.41) is 13.0. The molecular formula is C16H23FN2O3. The molecule has 1 amide bonds. The molecule has 0 saturated heterocycles. The fourth-order valence-corrected chi connectivity index (χ4v) is 2.18. The highest BCUT2D eigenvalue weighted by molar-refractivity contribution is 5.91. The molecule has 0 atom stereocenters. The summed E-state index contributed by atoms with van der Waals surface area (Å²) < 4.78 is 13.5. The van der Waals surface area contributed by atoms with Gasteiger partial charge >= 0.3 is 0 Å². The highest BCUT2D eigenvalue weighted by Gasteiger charge is 2.12. The molecule has 0 bridgehead atoms. The smallest absolute Gasteiger partial charge is 0.271 e. The molecule has 0 saturated carbocycles. The lowest BCUT2D eigenvalue weighted by Gasteiger charge is -2.06. The van der Waals surface area contributed by atoms with Gasteiger partial charge in [-0.05, 0) is 12.5 Å². The Kier molecular flexibility index (Phi) is 8.10. The molecule has 22 heavy (non-hydrogen) atoms. The molecule has 122 valence electrons. The van der Waals surface area contributed by atoms with Crippen LogP contribution in [0, 0.1) is 15.9 Å². The number of amides is 1. The van der Waals surface area contributed by atoms with Crippen molar-refractivity contribution in [1.29, 1.82) is 0 Å². The third kappa shape index (κ3) is 6.65. The molecule has 0 aliphatic carbocycles. The summed E-state index contributed by atoms with van der Waals surface area (Å²) in [4.78, 5) is 21.8. The molecular weight excluding hydrogens is 287 g/mol. The summed E-state index contributed by atoms with van der Waals surface area (Å²) in [6.07, 6.45) is 7.96. The summed E-state index contributed by atoms with van der Waals surface area (Å²) in [5.74, 6) is -0.980. The molecule has 1 aromatic rings. The van der Waals surface area contributed by atoms with Crippen LogP contribution in [0.5, 0.6) is 0 Å². The number of hydrogen-bond donors (Lipinski definition) is 1. The Hall–Kier alpha value is -1.98. The monoisotopic (exact) mass is 310 g/mol. The first-order chi connectivity index (χ1) is 10.5. The molecule has 1 rings (SSSR count). The van der Waals surface area contributed by atoms with Crippen LogP contribution < -0.4 is 5.32 Å². The van der Waals surface area contributed by atoms with Crippen molar-refractivity contribution in [2.24, 2.45) is 0 Å². The van der Waals surface area contributed by atoms with Crippen molar-refractivity contribution in [2.75, 3.05) is 5.32 Å². The van der Waals surface area contributed by atoms with Crippen LogP contribution in [0.15, 0.2) is 18.2 Å². The van der Waals surface area contributed by atoms with E-state index in [1.807, 2.05) is 0 Å². The van der Waals surface area contributed by atoms with Crippen molar-refractivity contribution in [2.45, 2.75) is 58.3 Å². The number of nitro groups is 1. The van der Waals surface area contributed by atoms with Gasteiger partial charge in [0.25, 0.3) is 5.69 Å². The molecule has 0 unspecified atom stereocenters. The van der Waals surface area contributed by atoms with Crippen LogP contribution in [0.3, 0.4) is 0 Å². The molecule has 5 nitrogen and oxygen atoms in total. The summed E-state index contributed by atoms with van der Waals surface area (Å²) in [5.41, 5.74) is -0.380. The molecule has 1 aromatic carbocycles. The second-order valence-corrected chi connectivity index (χ2v) is 5.34. The Morgan fingerprint density at radius 1 is 1.18 bits per heavy atom. The average molecular weight is 310 g/mol. The van der Waals surface area contributed by atoms with Crippen LogP contribution >= 0.6 is 0 Å². The van der Waals surface area contributed by atoms with Gasteiger partial charge in [-0.1, -0.05) is 45.4 Å². The number of anilines is 1. The van der Waals surface area contributed by atoms with Gasteiger partial charge in [0.1, 0.15) is 5.82 Å². The molecule has 1 N–H and O–H groups in total. The average Bonchev–Trinajstić information content (AvgIpc) is 2.48. The molecule has 0 aromatic heterocycles. The fourth-order valence-electron chi connectivity index (χ4n) is 2.18. The van der Waals surface area contributed by atoms with E-state index in [2.05, 4.69) is 12.2 Å². The number of unbranched alkanes of at least 4 members (excludes halogenated alkanes) is 6. The number of halogens is 1. The highest BCUT2D eigenvalue weighted by Crippen LogP contribution is 2.21. The SMILES string of the molecule is CCCCCCCCCC(=O)Nc1cc([N+](=O)[O-])ccc1F. The maximum atomic E-state index is 13.5. The number of nitro benzene ring substituents is 1. The van der Waals surface area contributed by atoms with Crippen molar-refractivity contribution >= 4 is 17.3 Å². The minimum Gasteiger partial charge on any atom is -0.323 e. The molecule has 0 heterocycles. The second-order valence-electron chi connectivity index (χ2n) is 5.34. The maximum absolute atomic E-state index is 13.5. The third-order valence-electron chi connectivity index (χ3n) is 3.44. The summed E-state index contributed by atoms with van der Waals surface area (Å²) in [6.45, 7) is 2.16. The Labute approximate surface area is 130 Å². The van der Waals surface area contributed by atoms with Crippen molar-refractivity contribution in [3.8, 4) is 0 Å². The first-order valence-corrected chi connectivity index (χ1v) is 7.78. The van der Waals surface area contributed by atoms with Crippen LogP contribution in [0.4, 0.5) is 15.8 Å². The van der Waals surface area contributed by atoms with Gasteiger partial charge in [0, 0.05) is 18.6 Å². The van der Waals surface area contributed by atoms with E-state index in [0.717, 1.165) is 37.5 Å². The number of non-ortho nitro benzene ring substituents is 1. The van der Waals surface area contributed by atoms with Crippen LogP contribution in [0.1, 0.15) is 58.3 Å². The number of carbonyl (C=O) groups excluding carboxylic acids is 1. The topological polar surface area (TPSA) is 72.2 Å². The van der Waals surface area contributed by atoms with Crippen molar-refractivity contribution in [1.82, 2.24) is 0 Å². The van der Waals surface area contributed by atoms with E-state index < -0.39 is 10.7 Å².